The van der Waals surface area contributed by atoms with Crippen molar-refractivity contribution in [2.45, 2.75) is 11.8 Å². The van der Waals surface area contributed by atoms with Crippen LogP contribution in [0.15, 0.2) is 65.6 Å². The number of halogens is 1. The lowest BCUT2D eigenvalue weighted by Crippen LogP contribution is -2.12. The summed E-state index contributed by atoms with van der Waals surface area (Å²) in [6.07, 6.45) is 0. The molecule has 7 heteroatoms. The van der Waals surface area contributed by atoms with Gasteiger partial charge in [0, 0.05) is 11.1 Å². The second-order valence-corrected chi connectivity index (χ2v) is 6.85. The van der Waals surface area contributed by atoms with E-state index in [1.807, 2.05) is 30.3 Å². The number of para-hydroxylation sites is 1. The molecular weight excluding hydrogens is 336 g/mol. The third-order valence-electron chi connectivity index (χ3n) is 3.10. The Balaban J connectivity index is 1.99. The van der Waals surface area contributed by atoms with Crippen molar-refractivity contribution < 1.29 is 12.6 Å². The van der Waals surface area contributed by atoms with Gasteiger partial charge in [-0.1, -0.05) is 29.8 Å². The quantitative estimate of drug-likeness (QED) is 0.676. The van der Waals surface area contributed by atoms with Crippen LogP contribution < -0.4 is 4.18 Å². The second-order valence-electron chi connectivity index (χ2n) is 4.86. The summed E-state index contributed by atoms with van der Waals surface area (Å²) in [5.74, 6) is 0.128. The standard InChI is InChI=1S/C16H13ClN2O3S/c1-12-11-16(19(18-12)14-5-3-2-4-6-14)22-23(20,21)15-9-7-13(17)8-10-15/h2-11H,1H3. The van der Waals surface area contributed by atoms with Gasteiger partial charge in [-0.05, 0) is 43.3 Å². The fraction of sp³-hybridized carbons (Fsp3) is 0.0625. The summed E-state index contributed by atoms with van der Waals surface area (Å²) in [5.41, 5.74) is 1.36. The molecule has 0 unspecified atom stereocenters. The van der Waals surface area contributed by atoms with Gasteiger partial charge in [-0.3, -0.25) is 0 Å². The molecule has 3 rings (SSSR count). The minimum atomic E-state index is -3.97. The molecule has 0 saturated heterocycles. The van der Waals surface area contributed by atoms with Crippen molar-refractivity contribution in [3.8, 4) is 11.6 Å². The maximum absolute atomic E-state index is 12.4. The highest BCUT2D eigenvalue weighted by molar-refractivity contribution is 7.87. The fourth-order valence-electron chi connectivity index (χ4n) is 2.05. The molecule has 0 bridgehead atoms. The number of hydrogen-bond acceptors (Lipinski definition) is 4. The van der Waals surface area contributed by atoms with Crippen molar-refractivity contribution in [1.82, 2.24) is 9.78 Å². The van der Waals surface area contributed by atoms with Crippen molar-refractivity contribution in [3.05, 3.63) is 71.4 Å². The van der Waals surface area contributed by atoms with Gasteiger partial charge in [-0.25, -0.2) is 0 Å². The summed E-state index contributed by atoms with van der Waals surface area (Å²) in [7, 11) is -3.97. The number of benzene rings is 2. The van der Waals surface area contributed by atoms with E-state index in [1.165, 1.54) is 28.9 Å². The average Bonchev–Trinajstić information content (AvgIpc) is 2.88. The Kier molecular flexibility index (Phi) is 4.11. The monoisotopic (exact) mass is 348 g/mol. The summed E-state index contributed by atoms with van der Waals surface area (Å²) < 4.78 is 31.5. The molecular formula is C16H13ClN2O3S. The van der Waals surface area contributed by atoms with E-state index in [1.54, 1.807) is 13.0 Å². The van der Waals surface area contributed by atoms with Gasteiger partial charge in [-0.2, -0.15) is 18.2 Å². The van der Waals surface area contributed by atoms with E-state index in [0.717, 1.165) is 0 Å². The van der Waals surface area contributed by atoms with E-state index in [2.05, 4.69) is 5.10 Å². The van der Waals surface area contributed by atoms with Crippen LogP contribution in [0.4, 0.5) is 0 Å². The molecule has 0 amide bonds. The van der Waals surface area contributed by atoms with E-state index in [0.29, 0.717) is 16.4 Å². The molecule has 0 radical (unpaired) electrons. The lowest BCUT2D eigenvalue weighted by atomic mass is 10.3. The van der Waals surface area contributed by atoms with Gasteiger partial charge >= 0.3 is 10.1 Å². The molecule has 0 spiro atoms. The predicted molar refractivity (Wildman–Crippen MR) is 87.6 cm³/mol. The molecule has 5 nitrogen and oxygen atoms in total. The Bertz CT molecular complexity index is 920. The maximum Gasteiger partial charge on any atom is 0.340 e. The van der Waals surface area contributed by atoms with Gasteiger partial charge in [0.15, 0.2) is 0 Å². The zero-order valence-electron chi connectivity index (χ0n) is 12.2. The highest BCUT2D eigenvalue weighted by Gasteiger charge is 2.20. The Labute approximate surface area is 139 Å². The third kappa shape index (κ3) is 3.38. The Morgan fingerprint density at radius 2 is 1.70 bits per heavy atom. The van der Waals surface area contributed by atoms with Gasteiger partial charge in [0.2, 0.25) is 5.88 Å². The van der Waals surface area contributed by atoms with Crippen molar-refractivity contribution in [3.63, 3.8) is 0 Å². The minimum Gasteiger partial charge on any atom is -0.358 e. The number of hydrogen-bond donors (Lipinski definition) is 0. The van der Waals surface area contributed by atoms with Crippen LogP contribution >= 0.6 is 11.6 Å². The molecule has 118 valence electrons. The highest BCUT2D eigenvalue weighted by Crippen LogP contribution is 2.24. The molecule has 0 aliphatic rings. The third-order valence-corrected chi connectivity index (χ3v) is 4.59. The molecule has 0 fully saturated rings. The van der Waals surface area contributed by atoms with Gasteiger partial charge in [-0.15, -0.1) is 0 Å². The molecule has 1 heterocycles. The molecule has 0 aliphatic heterocycles. The number of aryl methyl sites for hydroxylation is 1. The van der Waals surface area contributed by atoms with E-state index in [-0.39, 0.29) is 10.8 Å². The summed E-state index contributed by atoms with van der Waals surface area (Å²) in [6.45, 7) is 1.77. The first-order valence-corrected chi connectivity index (χ1v) is 8.56. The Morgan fingerprint density at radius 1 is 1.04 bits per heavy atom. The first kappa shape index (κ1) is 15.6. The molecule has 3 aromatic rings. The van der Waals surface area contributed by atoms with Gasteiger partial charge in [0.1, 0.15) is 4.90 Å². The normalized spacial score (nSPS) is 11.4. The van der Waals surface area contributed by atoms with Crippen LogP contribution in [0.1, 0.15) is 5.69 Å². The van der Waals surface area contributed by atoms with Crippen molar-refractivity contribution >= 4 is 21.7 Å². The topological polar surface area (TPSA) is 61.2 Å². The molecule has 2 aromatic carbocycles. The lowest BCUT2D eigenvalue weighted by Gasteiger charge is -2.09. The van der Waals surface area contributed by atoms with Crippen LogP contribution in [0.5, 0.6) is 5.88 Å². The largest absolute Gasteiger partial charge is 0.358 e. The summed E-state index contributed by atoms with van der Waals surface area (Å²) in [6, 6.07) is 16.5. The van der Waals surface area contributed by atoms with E-state index in [4.69, 9.17) is 15.8 Å². The zero-order valence-corrected chi connectivity index (χ0v) is 13.8. The van der Waals surface area contributed by atoms with Gasteiger partial charge in [0.25, 0.3) is 0 Å². The molecule has 0 aliphatic carbocycles. The summed E-state index contributed by atoms with van der Waals surface area (Å²) >= 11 is 5.78. The molecule has 1 aromatic heterocycles. The second kappa shape index (κ2) is 6.06. The number of rotatable bonds is 4. The molecule has 0 atom stereocenters. The van der Waals surface area contributed by atoms with Gasteiger partial charge < -0.3 is 4.18 Å². The van der Waals surface area contributed by atoms with Crippen molar-refractivity contribution in [2.24, 2.45) is 0 Å². The van der Waals surface area contributed by atoms with Crippen LogP contribution in [0.2, 0.25) is 5.02 Å². The van der Waals surface area contributed by atoms with Gasteiger partial charge in [0.05, 0.1) is 11.4 Å². The van der Waals surface area contributed by atoms with Crippen LogP contribution in [-0.2, 0) is 10.1 Å². The summed E-state index contributed by atoms with van der Waals surface area (Å²) in [5, 5.41) is 4.73. The first-order valence-electron chi connectivity index (χ1n) is 6.78. The molecule has 0 N–H and O–H groups in total. The Morgan fingerprint density at radius 3 is 2.35 bits per heavy atom. The van der Waals surface area contributed by atoms with Crippen LogP contribution in [0.3, 0.4) is 0 Å². The first-order chi connectivity index (χ1) is 11.0. The fourth-order valence-corrected chi connectivity index (χ4v) is 3.09. The van der Waals surface area contributed by atoms with E-state index < -0.39 is 10.1 Å². The van der Waals surface area contributed by atoms with Crippen LogP contribution in [0.25, 0.3) is 5.69 Å². The average molecular weight is 349 g/mol. The zero-order chi connectivity index (χ0) is 16.4. The smallest absolute Gasteiger partial charge is 0.340 e. The van der Waals surface area contributed by atoms with Crippen LogP contribution in [-0.4, -0.2) is 18.2 Å². The van der Waals surface area contributed by atoms with E-state index in [9.17, 15) is 8.42 Å². The maximum atomic E-state index is 12.4. The van der Waals surface area contributed by atoms with Crippen molar-refractivity contribution in [1.29, 1.82) is 0 Å². The molecule has 0 saturated carbocycles. The van der Waals surface area contributed by atoms with Crippen LogP contribution in [0, 0.1) is 6.92 Å². The highest BCUT2D eigenvalue weighted by atomic mass is 35.5. The number of nitrogens with zero attached hydrogens (tertiary/aromatic N) is 2. The minimum absolute atomic E-state index is 0.0281. The molecule has 23 heavy (non-hydrogen) atoms. The SMILES string of the molecule is Cc1cc(OS(=O)(=O)c2ccc(Cl)cc2)n(-c2ccccc2)n1. The predicted octanol–water partition coefficient (Wildman–Crippen LogP) is 3.60. The number of aromatic nitrogens is 2. The lowest BCUT2D eigenvalue weighted by molar-refractivity contribution is 0.465. The summed E-state index contributed by atoms with van der Waals surface area (Å²) in [4.78, 5) is 0.0281. The Hall–Kier alpha value is -2.31. The van der Waals surface area contributed by atoms with E-state index >= 15 is 0 Å². The van der Waals surface area contributed by atoms with Crippen molar-refractivity contribution in [2.75, 3.05) is 0 Å².